The third-order valence-corrected chi connectivity index (χ3v) is 4.58. The van der Waals surface area contributed by atoms with Crippen LogP contribution in [0.25, 0.3) is 11.3 Å². The number of aromatic nitrogens is 2. The van der Waals surface area contributed by atoms with E-state index in [1.807, 2.05) is 43.1 Å². The Bertz CT molecular complexity index is 1220. The van der Waals surface area contributed by atoms with Crippen LogP contribution in [0.15, 0.2) is 79.3 Å². The van der Waals surface area contributed by atoms with Crippen molar-refractivity contribution in [3.63, 3.8) is 0 Å². The van der Waals surface area contributed by atoms with Gasteiger partial charge in [0.25, 0.3) is 0 Å². The maximum Gasteiger partial charge on any atom is 0.323 e. The van der Waals surface area contributed by atoms with Crippen LogP contribution < -0.4 is 15.4 Å². The maximum absolute atomic E-state index is 13.8. The Morgan fingerprint density at radius 3 is 2.55 bits per heavy atom. The summed E-state index contributed by atoms with van der Waals surface area (Å²) in [5.74, 6) is 0.778. The Morgan fingerprint density at radius 2 is 1.81 bits per heavy atom. The highest BCUT2D eigenvalue weighted by atomic mass is 19.1. The maximum atomic E-state index is 13.8. The molecule has 2 N–H and O–H groups in total. The third kappa shape index (κ3) is 5.08. The first kappa shape index (κ1) is 20.2. The van der Waals surface area contributed by atoms with Crippen molar-refractivity contribution in [2.24, 2.45) is 7.05 Å². The Balaban J connectivity index is 1.39. The molecule has 7 heteroatoms. The van der Waals surface area contributed by atoms with Crippen molar-refractivity contribution in [2.45, 2.75) is 6.92 Å². The fourth-order valence-electron chi connectivity index (χ4n) is 3.05. The second-order valence-electron chi connectivity index (χ2n) is 7.13. The number of aryl methyl sites for hydroxylation is 2. The van der Waals surface area contributed by atoms with E-state index in [9.17, 15) is 9.18 Å². The van der Waals surface area contributed by atoms with Crippen molar-refractivity contribution in [1.82, 2.24) is 9.55 Å². The fourth-order valence-corrected chi connectivity index (χ4v) is 3.05. The molecule has 0 aliphatic rings. The Morgan fingerprint density at radius 1 is 1.00 bits per heavy atom. The van der Waals surface area contributed by atoms with Crippen LogP contribution in [-0.2, 0) is 7.05 Å². The van der Waals surface area contributed by atoms with Gasteiger partial charge in [-0.25, -0.2) is 9.18 Å². The molecule has 31 heavy (non-hydrogen) atoms. The van der Waals surface area contributed by atoms with Gasteiger partial charge in [0, 0.05) is 43.0 Å². The molecule has 0 aliphatic carbocycles. The number of halogens is 1. The summed E-state index contributed by atoms with van der Waals surface area (Å²) in [5, 5.41) is 5.19. The molecular weight excluding hydrogens is 395 g/mol. The summed E-state index contributed by atoms with van der Waals surface area (Å²) >= 11 is 0. The highest BCUT2D eigenvalue weighted by Crippen LogP contribution is 2.27. The molecule has 2 aromatic heterocycles. The summed E-state index contributed by atoms with van der Waals surface area (Å²) in [6, 6.07) is 16.5. The lowest BCUT2D eigenvalue weighted by Gasteiger charge is -2.10. The molecule has 156 valence electrons. The van der Waals surface area contributed by atoms with Crippen molar-refractivity contribution in [3.8, 4) is 22.8 Å². The van der Waals surface area contributed by atoms with E-state index in [2.05, 4.69) is 15.6 Å². The summed E-state index contributed by atoms with van der Waals surface area (Å²) in [6.45, 7) is 1.83. The molecule has 6 nitrogen and oxygen atoms in total. The highest BCUT2D eigenvalue weighted by molar-refractivity contribution is 5.99. The molecule has 0 fully saturated rings. The first-order chi connectivity index (χ1) is 15.0. The molecule has 4 rings (SSSR count). The van der Waals surface area contributed by atoms with Gasteiger partial charge >= 0.3 is 6.03 Å². The van der Waals surface area contributed by atoms with Gasteiger partial charge in [-0.1, -0.05) is 6.07 Å². The average Bonchev–Trinajstić information content (AvgIpc) is 3.19. The molecule has 0 saturated heterocycles. The predicted molar refractivity (Wildman–Crippen MR) is 119 cm³/mol. The van der Waals surface area contributed by atoms with E-state index in [1.54, 1.807) is 48.7 Å². The Labute approximate surface area is 179 Å². The van der Waals surface area contributed by atoms with Gasteiger partial charge in [-0.05, 0) is 61.0 Å². The fraction of sp³-hybridized carbons (Fsp3) is 0.0833. The summed E-state index contributed by atoms with van der Waals surface area (Å²) in [7, 11) is 1.96. The van der Waals surface area contributed by atoms with Gasteiger partial charge in [-0.2, -0.15) is 0 Å². The van der Waals surface area contributed by atoms with E-state index in [1.165, 1.54) is 6.07 Å². The molecule has 2 aromatic carbocycles. The summed E-state index contributed by atoms with van der Waals surface area (Å²) in [5.41, 5.74) is 3.35. The Hall–Kier alpha value is -4.13. The largest absolute Gasteiger partial charge is 0.457 e. The van der Waals surface area contributed by atoms with Crippen LogP contribution in [0, 0.1) is 12.7 Å². The number of rotatable bonds is 5. The number of carbonyl (C=O) groups excluding carboxylic acids is 1. The van der Waals surface area contributed by atoms with E-state index in [4.69, 9.17) is 4.74 Å². The van der Waals surface area contributed by atoms with Gasteiger partial charge in [0.15, 0.2) is 0 Å². The number of nitrogens with zero attached hydrogens (tertiary/aromatic N) is 2. The van der Waals surface area contributed by atoms with Crippen LogP contribution in [0.4, 0.5) is 20.6 Å². The SMILES string of the molecule is Cc1ccc(F)c(NC(=O)Nc2ccc(Oc3ccnc(-c4ccn(C)c4)c3)cc2)c1. The van der Waals surface area contributed by atoms with E-state index in [-0.39, 0.29) is 5.69 Å². The normalized spacial score (nSPS) is 10.5. The van der Waals surface area contributed by atoms with E-state index >= 15 is 0 Å². The van der Waals surface area contributed by atoms with Crippen LogP contribution in [-0.4, -0.2) is 15.6 Å². The zero-order chi connectivity index (χ0) is 21.8. The van der Waals surface area contributed by atoms with Gasteiger partial charge < -0.3 is 19.9 Å². The number of nitrogens with one attached hydrogen (secondary N) is 2. The van der Waals surface area contributed by atoms with E-state index in [0.717, 1.165) is 16.8 Å². The van der Waals surface area contributed by atoms with Crippen molar-refractivity contribution in [3.05, 3.63) is 90.6 Å². The minimum Gasteiger partial charge on any atom is -0.457 e. The molecular formula is C24H21FN4O2. The van der Waals surface area contributed by atoms with Gasteiger partial charge in [0.05, 0.1) is 11.4 Å². The molecule has 0 atom stereocenters. The smallest absolute Gasteiger partial charge is 0.323 e. The van der Waals surface area contributed by atoms with E-state index < -0.39 is 11.8 Å². The lowest BCUT2D eigenvalue weighted by molar-refractivity contribution is 0.262. The Kier molecular flexibility index (Phi) is 5.66. The molecule has 4 aromatic rings. The molecule has 2 heterocycles. The summed E-state index contributed by atoms with van der Waals surface area (Å²) in [4.78, 5) is 16.5. The van der Waals surface area contributed by atoms with Crippen molar-refractivity contribution < 1.29 is 13.9 Å². The number of anilines is 2. The zero-order valence-electron chi connectivity index (χ0n) is 17.1. The lowest BCUT2D eigenvalue weighted by Crippen LogP contribution is -2.20. The number of urea groups is 1. The van der Waals surface area contributed by atoms with Crippen LogP contribution in [0.3, 0.4) is 0 Å². The molecule has 0 aliphatic heterocycles. The molecule has 0 bridgehead atoms. The number of hydrogen-bond donors (Lipinski definition) is 2. The standard InChI is InChI=1S/C24H21FN4O2/c1-16-3-8-21(25)23(13-16)28-24(30)27-18-4-6-19(7-5-18)31-20-9-11-26-22(14-20)17-10-12-29(2)15-17/h3-15H,1-2H3,(H2,27,28,30). The summed E-state index contributed by atoms with van der Waals surface area (Å²) < 4.78 is 21.7. The van der Waals surface area contributed by atoms with Crippen LogP contribution in [0.2, 0.25) is 0 Å². The topological polar surface area (TPSA) is 68.2 Å². The quantitative estimate of drug-likeness (QED) is 0.421. The zero-order valence-corrected chi connectivity index (χ0v) is 17.1. The van der Waals surface area contributed by atoms with E-state index in [0.29, 0.717) is 17.2 Å². The van der Waals surface area contributed by atoms with Crippen LogP contribution >= 0.6 is 0 Å². The van der Waals surface area contributed by atoms with Crippen molar-refractivity contribution in [1.29, 1.82) is 0 Å². The second-order valence-corrected chi connectivity index (χ2v) is 7.13. The lowest BCUT2D eigenvalue weighted by atomic mass is 10.2. The van der Waals surface area contributed by atoms with Crippen LogP contribution in [0.5, 0.6) is 11.5 Å². The third-order valence-electron chi connectivity index (χ3n) is 4.58. The average molecular weight is 416 g/mol. The molecule has 0 saturated carbocycles. The van der Waals surface area contributed by atoms with Gasteiger partial charge in [0.2, 0.25) is 0 Å². The van der Waals surface area contributed by atoms with Crippen LogP contribution in [0.1, 0.15) is 5.56 Å². The minimum absolute atomic E-state index is 0.129. The van der Waals surface area contributed by atoms with Crippen molar-refractivity contribution >= 4 is 17.4 Å². The number of pyridine rings is 1. The molecule has 0 radical (unpaired) electrons. The first-order valence-electron chi connectivity index (χ1n) is 9.67. The van der Waals surface area contributed by atoms with Gasteiger partial charge in [-0.3, -0.25) is 4.98 Å². The second kappa shape index (κ2) is 8.71. The molecule has 2 amide bonds. The minimum atomic E-state index is -0.528. The van der Waals surface area contributed by atoms with Gasteiger partial charge in [0.1, 0.15) is 17.3 Å². The summed E-state index contributed by atoms with van der Waals surface area (Å²) in [6.07, 6.45) is 5.64. The number of ether oxygens (including phenoxy) is 1. The number of hydrogen-bond acceptors (Lipinski definition) is 3. The number of carbonyl (C=O) groups is 1. The number of benzene rings is 2. The number of amides is 2. The molecule has 0 unspecified atom stereocenters. The van der Waals surface area contributed by atoms with Gasteiger partial charge in [-0.15, -0.1) is 0 Å². The van der Waals surface area contributed by atoms with Crippen molar-refractivity contribution in [2.75, 3.05) is 10.6 Å². The predicted octanol–water partition coefficient (Wildman–Crippen LogP) is 5.97. The highest BCUT2D eigenvalue weighted by Gasteiger charge is 2.08. The molecule has 0 spiro atoms. The first-order valence-corrected chi connectivity index (χ1v) is 9.67. The monoisotopic (exact) mass is 416 g/mol.